The van der Waals surface area contributed by atoms with E-state index in [9.17, 15) is 0 Å². The Kier molecular flexibility index (Phi) is 5.49. The highest BCUT2D eigenvalue weighted by molar-refractivity contribution is 7.71. The van der Waals surface area contributed by atoms with E-state index in [1.54, 1.807) is 16.5 Å². The van der Waals surface area contributed by atoms with Crippen molar-refractivity contribution in [3.63, 3.8) is 0 Å². The van der Waals surface area contributed by atoms with E-state index in [0.717, 1.165) is 23.5 Å². The fourth-order valence-corrected chi connectivity index (χ4v) is 3.03. The molecular weight excluding hydrogens is 346 g/mol. The molecule has 0 amide bonds. The van der Waals surface area contributed by atoms with Gasteiger partial charge in [0.05, 0.1) is 19.5 Å². The number of methoxy groups -OCH3 is 1. The van der Waals surface area contributed by atoms with Crippen LogP contribution in [0.1, 0.15) is 16.7 Å². The summed E-state index contributed by atoms with van der Waals surface area (Å²) in [5.74, 6) is 0.857. The van der Waals surface area contributed by atoms with Gasteiger partial charge in [-0.1, -0.05) is 24.3 Å². The van der Waals surface area contributed by atoms with Crippen molar-refractivity contribution in [2.45, 2.75) is 27.1 Å². The van der Waals surface area contributed by atoms with Crippen molar-refractivity contribution in [3.8, 4) is 11.4 Å². The first-order valence-corrected chi connectivity index (χ1v) is 8.81. The third-order valence-corrected chi connectivity index (χ3v) is 4.81. The van der Waals surface area contributed by atoms with Crippen molar-refractivity contribution in [1.82, 2.24) is 24.7 Å². The van der Waals surface area contributed by atoms with E-state index in [1.165, 1.54) is 11.1 Å². The van der Waals surface area contributed by atoms with E-state index >= 15 is 0 Å². The number of aromatic nitrogens is 4. The van der Waals surface area contributed by atoms with Gasteiger partial charge in [-0.05, 0) is 78.4 Å². The fourth-order valence-electron chi connectivity index (χ4n) is 2.80. The summed E-state index contributed by atoms with van der Waals surface area (Å²) in [6, 6.07) is 14.1. The molecule has 1 aromatic heterocycles. The van der Waals surface area contributed by atoms with Crippen LogP contribution in [-0.4, -0.2) is 38.8 Å². The standard InChI is InChI=1S/C19H23N5OS/c1-14-6-5-7-18(15(14)2)24-19(26)23(20-21-24)13-22(3)12-16-8-10-17(25-4)11-9-16/h5-11H,12-13H2,1-4H3. The number of hydrogen-bond donors (Lipinski definition) is 0. The van der Waals surface area contributed by atoms with Crippen LogP contribution >= 0.6 is 12.2 Å². The van der Waals surface area contributed by atoms with Gasteiger partial charge in [0.15, 0.2) is 0 Å². The lowest BCUT2D eigenvalue weighted by molar-refractivity contribution is 0.242. The maximum absolute atomic E-state index is 5.58. The number of ether oxygens (including phenoxy) is 1. The number of hydrogen-bond acceptors (Lipinski definition) is 5. The van der Waals surface area contributed by atoms with Crippen molar-refractivity contribution in [3.05, 3.63) is 63.9 Å². The lowest BCUT2D eigenvalue weighted by Crippen LogP contribution is -2.22. The van der Waals surface area contributed by atoms with Gasteiger partial charge in [-0.25, -0.2) is 4.68 Å². The van der Waals surface area contributed by atoms with Gasteiger partial charge in [-0.2, -0.15) is 4.68 Å². The first kappa shape index (κ1) is 18.3. The normalized spacial score (nSPS) is 11.1. The Morgan fingerprint density at radius 3 is 2.50 bits per heavy atom. The van der Waals surface area contributed by atoms with E-state index in [-0.39, 0.29) is 0 Å². The molecule has 0 saturated heterocycles. The second-order valence-electron chi connectivity index (χ2n) is 6.40. The zero-order valence-corrected chi connectivity index (χ0v) is 16.3. The monoisotopic (exact) mass is 369 g/mol. The Balaban J connectivity index is 1.75. The summed E-state index contributed by atoms with van der Waals surface area (Å²) in [6.45, 7) is 5.49. The number of benzene rings is 2. The third-order valence-electron chi connectivity index (χ3n) is 4.43. The topological polar surface area (TPSA) is 48.1 Å². The average molecular weight is 369 g/mol. The molecule has 3 aromatic rings. The smallest absolute Gasteiger partial charge is 0.221 e. The van der Waals surface area contributed by atoms with E-state index in [4.69, 9.17) is 17.0 Å². The quantitative estimate of drug-likeness (QED) is 0.622. The van der Waals surface area contributed by atoms with Gasteiger partial charge in [0.2, 0.25) is 4.77 Å². The number of tetrazole rings is 1. The van der Waals surface area contributed by atoms with Crippen LogP contribution in [0.15, 0.2) is 42.5 Å². The predicted molar refractivity (Wildman–Crippen MR) is 104 cm³/mol. The molecule has 0 spiro atoms. The molecule has 0 saturated carbocycles. The van der Waals surface area contributed by atoms with Crippen LogP contribution in [0.2, 0.25) is 0 Å². The van der Waals surface area contributed by atoms with Crippen molar-refractivity contribution in [1.29, 1.82) is 0 Å². The minimum Gasteiger partial charge on any atom is -0.497 e. The molecule has 2 aromatic carbocycles. The summed E-state index contributed by atoms with van der Waals surface area (Å²) in [7, 11) is 3.70. The first-order chi connectivity index (χ1) is 12.5. The Morgan fingerprint density at radius 1 is 1.08 bits per heavy atom. The molecule has 3 rings (SSSR count). The van der Waals surface area contributed by atoms with Gasteiger partial charge in [0.25, 0.3) is 0 Å². The summed E-state index contributed by atoms with van der Waals surface area (Å²) < 4.78 is 9.24. The molecule has 0 bridgehead atoms. The molecule has 1 heterocycles. The summed E-state index contributed by atoms with van der Waals surface area (Å²) in [5.41, 5.74) is 4.53. The Bertz CT molecular complexity index is 945. The molecule has 136 valence electrons. The molecule has 0 aliphatic heterocycles. The predicted octanol–water partition coefficient (Wildman–Crippen LogP) is 3.51. The molecule has 0 aliphatic rings. The maximum Gasteiger partial charge on any atom is 0.221 e. The van der Waals surface area contributed by atoms with Crippen molar-refractivity contribution in [2.24, 2.45) is 0 Å². The van der Waals surface area contributed by atoms with E-state index in [1.807, 2.05) is 31.3 Å². The van der Waals surface area contributed by atoms with Crippen LogP contribution in [0, 0.1) is 18.6 Å². The number of rotatable bonds is 6. The molecule has 6 nitrogen and oxygen atoms in total. The van der Waals surface area contributed by atoms with E-state index < -0.39 is 0 Å². The minimum absolute atomic E-state index is 0.565. The number of nitrogens with zero attached hydrogens (tertiary/aromatic N) is 5. The van der Waals surface area contributed by atoms with Gasteiger partial charge in [-0.15, -0.1) is 0 Å². The molecule has 0 unspecified atom stereocenters. The Morgan fingerprint density at radius 2 is 1.81 bits per heavy atom. The molecule has 0 radical (unpaired) electrons. The van der Waals surface area contributed by atoms with Crippen molar-refractivity contribution in [2.75, 3.05) is 14.2 Å². The van der Waals surface area contributed by atoms with Gasteiger partial charge < -0.3 is 4.74 Å². The summed E-state index contributed by atoms with van der Waals surface area (Å²) in [4.78, 5) is 2.14. The van der Waals surface area contributed by atoms with Gasteiger partial charge in [-0.3, -0.25) is 4.90 Å². The zero-order chi connectivity index (χ0) is 18.7. The van der Waals surface area contributed by atoms with Gasteiger partial charge >= 0.3 is 0 Å². The first-order valence-electron chi connectivity index (χ1n) is 8.40. The largest absolute Gasteiger partial charge is 0.497 e. The Labute approximate surface area is 158 Å². The highest BCUT2D eigenvalue weighted by Gasteiger charge is 2.11. The second kappa shape index (κ2) is 7.80. The molecule has 7 heteroatoms. The SMILES string of the molecule is COc1ccc(CN(C)Cn2nnn(-c3cccc(C)c3C)c2=S)cc1. The van der Waals surface area contributed by atoms with Crippen LogP contribution in [0.5, 0.6) is 5.75 Å². The van der Waals surface area contributed by atoms with Crippen molar-refractivity contribution < 1.29 is 4.74 Å². The van der Waals surface area contributed by atoms with E-state index in [2.05, 4.69) is 47.4 Å². The molecule has 0 fully saturated rings. The van der Waals surface area contributed by atoms with Crippen LogP contribution in [-0.2, 0) is 13.2 Å². The van der Waals surface area contributed by atoms with Gasteiger partial charge in [0.1, 0.15) is 5.75 Å². The lowest BCUT2D eigenvalue weighted by atomic mass is 10.1. The summed E-state index contributed by atoms with van der Waals surface area (Å²) in [6.07, 6.45) is 0. The van der Waals surface area contributed by atoms with E-state index in [0.29, 0.717) is 11.4 Å². The zero-order valence-electron chi connectivity index (χ0n) is 15.5. The molecule has 0 N–H and O–H groups in total. The fraction of sp³-hybridized carbons (Fsp3) is 0.316. The lowest BCUT2D eigenvalue weighted by Gasteiger charge is -2.16. The van der Waals surface area contributed by atoms with Crippen LogP contribution < -0.4 is 4.74 Å². The van der Waals surface area contributed by atoms with Crippen LogP contribution in [0.3, 0.4) is 0 Å². The van der Waals surface area contributed by atoms with Crippen LogP contribution in [0.25, 0.3) is 5.69 Å². The molecule has 0 aliphatic carbocycles. The average Bonchev–Trinajstić information content (AvgIpc) is 2.98. The molecular formula is C19H23N5OS. The highest BCUT2D eigenvalue weighted by Crippen LogP contribution is 2.17. The second-order valence-corrected chi connectivity index (χ2v) is 6.76. The van der Waals surface area contributed by atoms with Crippen LogP contribution in [0.4, 0.5) is 0 Å². The number of aryl methyl sites for hydroxylation is 1. The van der Waals surface area contributed by atoms with Gasteiger partial charge in [0, 0.05) is 6.54 Å². The third kappa shape index (κ3) is 3.84. The van der Waals surface area contributed by atoms with Crippen molar-refractivity contribution >= 4 is 12.2 Å². The highest BCUT2D eigenvalue weighted by atomic mass is 32.1. The maximum atomic E-state index is 5.58. The Hall–Kier alpha value is -2.51. The summed E-state index contributed by atoms with van der Waals surface area (Å²) >= 11 is 5.58. The summed E-state index contributed by atoms with van der Waals surface area (Å²) in [5, 5.41) is 8.49. The molecule has 0 atom stereocenters. The molecule has 26 heavy (non-hydrogen) atoms. The minimum atomic E-state index is 0.565.